The minimum atomic E-state index is 0.807. The summed E-state index contributed by atoms with van der Waals surface area (Å²) in [7, 11) is 3.51. The van der Waals surface area contributed by atoms with E-state index in [4.69, 9.17) is 9.47 Å². The molecule has 17 heavy (non-hydrogen) atoms. The third-order valence-corrected chi connectivity index (χ3v) is 2.80. The molecule has 0 aromatic rings. The van der Waals surface area contributed by atoms with Crippen molar-refractivity contribution in [2.45, 2.75) is 26.2 Å². The Morgan fingerprint density at radius 3 is 2.06 bits per heavy atom. The molecule has 0 fully saturated rings. The van der Waals surface area contributed by atoms with Gasteiger partial charge in [-0.3, -0.25) is 4.90 Å². The van der Waals surface area contributed by atoms with Crippen LogP contribution in [0.15, 0.2) is 0 Å². The van der Waals surface area contributed by atoms with Crippen LogP contribution in [0.25, 0.3) is 0 Å². The van der Waals surface area contributed by atoms with Crippen molar-refractivity contribution in [2.75, 3.05) is 60.2 Å². The molecule has 0 saturated heterocycles. The fraction of sp³-hybridized carbons (Fsp3) is 1.00. The Labute approximate surface area is 107 Å². The van der Waals surface area contributed by atoms with E-state index in [0.29, 0.717) is 0 Å². The van der Waals surface area contributed by atoms with Gasteiger partial charge in [0.1, 0.15) is 0 Å². The molecule has 0 radical (unpaired) electrons. The molecule has 0 aliphatic carbocycles. The third kappa shape index (κ3) is 12.1. The largest absolute Gasteiger partial charge is 0.383 e. The van der Waals surface area contributed by atoms with Crippen LogP contribution < -0.4 is 5.32 Å². The first kappa shape index (κ1) is 16.8. The molecular weight excluding hydrogens is 216 g/mol. The van der Waals surface area contributed by atoms with Crippen LogP contribution in [0, 0.1) is 0 Å². The summed E-state index contributed by atoms with van der Waals surface area (Å²) in [6.07, 6.45) is 3.83. The topological polar surface area (TPSA) is 33.7 Å². The summed E-state index contributed by atoms with van der Waals surface area (Å²) in [5.74, 6) is 0. The SMILES string of the molecule is CCNCCCCCN(CCOC)CCOC. The van der Waals surface area contributed by atoms with Gasteiger partial charge in [-0.1, -0.05) is 13.3 Å². The zero-order chi connectivity index (χ0) is 12.8. The number of ether oxygens (including phenoxy) is 2. The minimum absolute atomic E-state index is 0.807. The molecule has 0 atom stereocenters. The first-order valence-corrected chi connectivity index (χ1v) is 6.76. The van der Waals surface area contributed by atoms with Gasteiger partial charge in [0.15, 0.2) is 0 Å². The van der Waals surface area contributed by atoms with E-state index in [0.717, 1.165) is 45.9 Å². The van der Waals surface area contributed by atoms with Crippen molar-refractivity contribution in [3.8, 4) is 0 Å². The molecule has 0 saturated carbocycles. The predicted octanol–water partition coefficient (Wildman–Crippen LogP) is 1.36. The average Bonchev–Trinajstić information content (AvgIpc) is 2.35. The van der Waals surface area contributed by atoms with E-state index in [1.807, 2.05) is 0 Å². The molecule has 0 aliphatic rings. The Morgan fingerprint density at radius 1 is 0.882 bits per heavy atom. The normalized spacial score (nSPS) is 11.3. The molecule has 1 N–H and O–H groups in total. The highest BCUT2D eigenvalue weighted by atomic mass is 16.5. The summed E-state index contributed by atoms with van der Waals surface area (Å²) in [6.45, 7) is 9.15. The van der Waals surface area contributed by atoms with E-state index in [9.17, 15) is 0 Å². The van der Waals surface area contributed by atoms with Crippen molar-refractivity contribution in [1.29, 1.82) is 0 Å². The monoisotopic (exact) mass is 246 g/mol. The van der Waals surface area contributed by atoms with Gasteiger partial charge in [0, 0.05) is 27.3 Å². The van der Waals surface area contributed by atoms with Crippen molar-refractivity contribution < 1.29 is 9.47 Å². The van der Waals surface area contributed by atoms with Crippen molar-refractivity contribution in [3.63, 3.8) is 0 Å². The minimum Gasteiger partial charge on any atom is -0.383 e. The molecule has 0 rings (SSSR count). The lowest BCUT2D eigenvalue weighted by Crippen LogP contribution is -2.31. The van der Waals surface area contributed by atoms with Gasteiger partial charge in [0.2, 0.25) is 0 Å². The van der Waals surface area contributed by atoms with Crippen LogP contribution in [-0.4, -0.2) is 65.1 Å². The van der Waals surface area contributed by atoms with Crippen LogP contribution in [0.5, 0.6) is 0 Å². The fourth-order valence-corrected chi connectivity index (χ4v) is 1.72. The van der Waals surface area contributed by atoms with Gasteiger partial charge in [-0.15, -0.1) is 0 Å². The summed E-state index contributed by atoms with van der Waals surface area (Å²) >= 11 is 0. The maximum absolute atomic E-state index is 5.12. The van der Waals surface area contributed by atoms with E-state index < -0.39 is 0 Å². The second kappa shape index (κ2) is 13.9. The van der Waals surface area contributed by atoms with Crippen molar-refractivity contribution in [3.05, 3.63) is 0 Å². The van der Waals surface area contributed by atoms with Crippen LogP contribution in [0.2, 0.25) is 0 Å². The van der Waals surface area contributed by atoms with Gasteiger partial charge < -0.3 is 14.8 Å². The second-order valence-corrected chi connectivity index (χ2v) is 4.24. The van der Waals surface area contributed by atoms with Crippen molar-refractivity contribution in [1.82, 2.24) is 10.2 Å². The lowest BCUT2D eigenvalue weighted by Gasteiger charge is -2.21. The maximum Gasteiger partial charge on any atom is 0.0589 e. The molecule has 0 bridgehead atoms. The molecule has 0 heterocycles. The first-order chi connectivity index (χ1) is 8.35. The molecule has 0 aliphatic heterocycles. The molecular formula is C13H30N2O2. The Kier molecular flexibility index (Phi) is 13.8. The van der Waals surface area contributed by atoms with Crippen LogP contribution in [-0.2, 0) is 9.47 Å². The van der Waals surface area contributed by atoms with Crippen molar-refractivity contribution in [2.24, 2.45) is 0 Å². The summed E-state index contributed by atoms with van der Waals surface area (Å²) in [4.78, 5) is 2.42. The number of nitrogens with zero attached hydrogens (tertiary/aromatic N) is 1. The Bertz CT molecular complexity index is 137. The van der Waals surface area contributed by atoms with Crippen LogP contribution in [0.4, 0.5) is 0 Å². The Hall–Kier alpha value is -0.160. The zero-order valence-electron chi connectivity index (χ0n) is 11.8. The maximum atomic E-state index is 5.12. The number of nitrogens with one attached hydrogen (secondary N) is 1. The quantitative estimate of drug-likeness (QED) is 0.498. The molecule has 104 valence electrons. The van der Waals surface area contributed by atoms with Gasteiger partial charge >= 0.3 is 0 Å². The highest BCUT2D eigenvalue weighted by molar-refractivity contribution is 4.58. The van der Waals surface area contributed by atoms with Gasteiger partial charge in [0.05, 0.1) is 13.2 Å². The smallest absolute Gasteiger partial charge is 0.0589 e. The molecule has 0 unspecified atom stereocenters. The van der Waals surface area contributed by atoms with Gasteiger partial charge in [-0.2, -0.15) is 0 Å². The number of methoxy groups -OCH3 is 2. The second-order valence-electron chi connectivity index (χ2n) is 4.24. The molecule has 0 spiro atoms. The zero-order valence-corrected chi connectivity index (χ0v) is 11.8. The van der Waals surface area contributed by atoms with E-state index in [2.05, 4.69) is 17.1 Å². The average molecular weight is 246 g/mol. The first-order valence-electron chi connectivity index (χ1n) is 6.76. The van der Waals surface area contributed by atoms with Crippen LogP contribution >= 0.6 is 0 Å². The molecule has 4 nitrogen and oxygen atoms in total. The molecule has 0 aromatic carbocycles. The summed E-state index contributed by atoms with van der Waals surface area (Å²) in [6, 6.07) is 0. The van der Waals surface area contributed by atoms with E-state index >= 15 is 0 Å². The number of unbranched alkanes of at least 4 members (excludes halogenated alkanes) is 2. The number of rotatable bonds is 13. The number of hydrogen-bond donors (Lipinski definition) is 1. The fourth-order valence-electron chi connectivity index (χ4n) is 1.72. The molecule has 0 aromatic heterocycles. The Balaban J connectivity index is 3.45. The van der Waals surface area contributed by atoms with E-state index in [-0.39, 0.29) is 0 Å². The van der Waals surface area contributed by atoms with Crippen LogP contribution in [0.3, 0.4) is 0 Å². The van der Waals surface area contributed by atoms with Gasteiger partial charge in [-0.25, -0.2) is 0 Å². The number of hydrogen-bond acceptors (Lipinski definition) is 4. The highest BCUT2D eigenvalue weighted by Gasteiger charge is 2.03. The summed E-state index contributed by atoms with van der Waals surface area (Å²) in [5, 5.41) is 3.35. The Morgan fingerprint density at radius 2 is 1.53 bits per heavy atom. The lowest BCUT2D eigenvalue weighted by molar-refractivity contribution is 0.113. The van der Waals surface area contributed by atoms with Crippen molar-refractivity contribution >= 4 is 0 Å². The molecule has 4 heteroatoms. The lowest BCUT2D eigenvalue weighted by atomic mass is 10.2. The van der Waals surface area contributed by atoms with E-state index in [1.165, 1.54) is 19.3 Å². The van der Waals surface area contributed by atoms with E-state index in [1.54, 1.807) is 14.2 Å². The molecule has 0 amide bonds. The standard InChI is InChI=1S/C13H30N2O2/c1-4-14-8-6-5-7-9-15(10-12-16-2)11-13-17-3/h14H,4-13H2,1-3H3. The third-order valence-electron chi connectivity index (χ3n) is 2.80. The highest BCUT2D eigenvalue weighted by Crippen LogP contribution is 1.98. The van der Waals surface area contributed by atoms with Gasteiger partial charge in [-0.05, 0) is 32.5 Å². The van der Waals surface area contributed by atoms with Crippen LogP contribution in [0.1, 0.15) is 26.2 Å². The summed E-state index contributed by atoms with van der Waals surface area (Å²) < 4.78 is 10.2. The predicted molar refractivity (Wildman–Crippen MR) is 72.6 cm³/mol. The summed E-state index contributed by atoms with van der Waals surface area (Å²) in [5.41, 5.74) is 0. The van der Waals surface area contributed by atoms with Gasteiger partial charge in [0.25, 0.3) is 0 Å².